The molecule has 4 N–H and O–H groups in total. The van der Waals surface area contributed by atoms with E-state index in [0.29, 0.717) is 18.2 Å². The fraction of sp³-hybridized carbons (Fsp3) is 0.111. The van der Waals surface area contributed by atoms with Gasteiger partial charge in [0.1, 0.15) is 11.6 Å². The van der Waals surface area contributed by atoms with Gasteiger partial charge in [-0.25, -0.2) is 4.98 Å². The molecule has 1 aromatic heterocycles. The molecule has 0 aliphatic heterocycles. The third-order valence-corrected chi connectivity index (χ3v) is 1.85. The van der Waals surface area contributed by atoms with Crippen molar-refractivity contribution in [2.24, 2.45) is 5.73 Å². The van der Waals surface area contributed by atoms with Crippen LogP contribution in [0.1, 0.15) is 5.82 Å². The number of hydrogen-bond donors (Lipinski definition) is 3. The van der Waals surface area contributed by atoms with Crippen molar-refractivity contribution in [2.75, 3.05) is 0 Å². The first-order valence-corrected chi connectivity index (χ1v) is 4.20. The summed E-state index contributed by atoms with van der Waals surface area (Å²) in [5.74, 6) is 1.46. The molecule has 0 amide bonds. The lowest BCUT2D eigenvalue weighted by Crippen LogP contribution is -1.97. The van der Waals surface area contributed by atoms with Crippen LogP contribution in [-0.4, -0.2) is 20.3 Å². The first kappa shape index (κ1) is 8.71. The van der Waals surface area contributed by atoms with E-state index in [1.165, 1.54) is 0 Å². The van der Waals surface area contributed by atoms with Gasteiger partial charge in [-0.05, 0) is 24.3 Å². The van der Waals surface area contributed by atoms with Gasteiger partial charge >= 0.3 is 0 Å². The summed E-state index contributed by atoms with van der Waals surface area (Å²) in [4.78, 5) is 4.16. The van der Waals surface area contributed by atoms with Crippen LogP contribution in [-0.2, 0) is 6.54 Å². The van der Waals surface area contributed by atoms with Gasteiger partial charge in [0.2, 0.25) is 0 Å². The van der Waals surface area contributed by atoms with E-state index in [9.17, 15) is 0 Å². The second-order valence-corrected chi connectivity index (χ2v) is 2.86. The third-order valence-electron chi connectivity index (χ3n) is 1.85. The molecule has 0 bridgehead atoms. The minimum Gasteiger partial charge on any atom is -0.508 e. The van der Waals surface area contributed by atoms with Gasteiger partial charge < -0.3 is 10.8 Å². The topological polar surface area (TPSA) is 87.8 Å². The number of aromatic nitrogens is 3. The molecule has 2 rings (SSSR count). The number of benzene rings is 1. The zero-order chi connectivity index (χ0) is 9.97. The fourth-order valence-corrected chi connectivity index (χ4v) is 1.13. The highest BCUT2D eigenvalue weighted by Crippen LogP contribution is 2.17. The Kier molecular flexibility index (Phi) is 2.16. The number of aromatic amines is 1. The number of phenolic OH excluding ortho intramolecular Hbond substituents is 1. The predicted molar refractivity (Wildman–Crippen MR) is 51.4 cm³/mol. The molecule has 14 heavy (non-hydrogen) atoms. The zero-order valence-corrected chi connectivity index (χ0v) is 7.44. The van der Waals surface area contributed by atoms with Crippen LogP contribution in [0.5, 0.6) is 5.75 Å². The van der Waals surface area contributed by atoms with Crippen LogP contribution in [0.4, 0.5) is 0 Å². The maximum Gasteiger partial charge on any atom is 0.181 e. The van der Waals surface area contributed by atoms with Crippen molar-refractivity contribution in [1.82, 2.24) is 15.2 Å². The van der Waals surface area contributed by atoms with Crippen molar-refractivity contribution in [2.45, 2.75) is 6.54 Å². The standard InChI is InChI=1S/C9H10N4O/c10-5-8-11-9(13-12-8)6-1-3-7(14)4-2-6/h1-4,14H,5,10H2,(H,11,12,13). The lowest BCUT2D eigenvalue weighted by Gasteiger charge is -1.94. The summed E-state index contributed by atoms with van der Waals surface area (Å²) < 4.78 is 0. The van der Waals surface area contributed by atoms with Gasteiger partial charge in [-0.2, -0.15) is 5.10 Å². The summed E-state index contributed by atoms with van der Waals surface area (Å²) in [5.41, 5.74) is 6.24. The summed E-state index contributed by atoms with van der Waals surface area (Å²) in [5, 5.41) is 15.8. The van der Waals surface area contributed by atoms with E-state index >= 15 is 0 Å². The Morgan fingerprint density at radius 3 is 2.57 bits per heavy atom. The summed E-state index contributed by atoms with van der Waals surface area (Å²) >= 11 is 0. The molecule has 1 heterocycles. The number of nitrogens with zero attached hydrogens (tertiary/aromatic N) is 2. The minimum atomic E-state index is 0.225. The molecule has 5 heteroatoms. The molecule has 0 unspecified atom stereocenters. The van der Waals surface area contributed by atoms with Gasteiger partial charge in [0.05, 0.1) is 6.54 Å². The Morgan fingerprint density at radius 2 is 2.00 bits per heavy atom. The molecule has 0 aliphatic rings. The van der Waals surface area contributed by atoms with Crippen LogP contribution >= 0.6 is 0 Å². The molecule has 5 nitrogen and oxygen atoms in total. The first-order valence-electron chi connectivity index (χ1n) is 4.20. The van der Waals surface area contributed by atoms with Crippen LogP contribution in [0.15, 0.2) is 24.3 Å². The summed E-state index contributed by atoms with van der Waals surface area (Å²) in [6.45, 7) is 0.338. The highest BCUT2D eigenvalue weighted by atomic mass is 16.3. The maximum absolute atomic E-state index is 9.09. The van der Waals surface area contributed by atoms with Gasteiger partial charge in [0.15, 0.2) is 5.82 Å². The van der Waals surface area contributed by atoms with E-state index in [-0.39, 0.29) is 5.75 Å². The molecule has 0 radical (unpaired) electrons. The second kappa shape index (κ2) is 3.47. The molecule has 0 atom stereocenters. The van der Waals surface area contributed by atoms with Crippen LogP contribution in [0.2, 0.25) is 0 Å². The highest BCUT2D eigenvalue weighted by molar-refractivity contribution is 5.55. The first-order chi connectivity index (χ1) is 6.79. The van der Waals surface area contributed by atoms with E-state index in [1.807, 2.05) is 0 Å². The average Bonchev–Trinajstić information content (AvgIpc) is 2.67. The lowest BCUT2D eigenvalue weighted by atomic mass is 10.2. The largest absolute Gasteiger partial charge is 0.508 e. The number of rotatable bonds is 2. The normalized spacial score (nSPS) is 10.4. The van der Waals surface area contributed by atoms with Crippen LogP contribution in [0.3, 0.4) is 0 Å². The quantitative estimate of drug-likeness (QED) is 0.648. The molecule has 2 aromatic rings. The second-order valence-electron chi connectivity index (χ2n) is 2.86. The molecular weight excluding hydrogens is 180 g/mol. The van der Waals surface area contributed by atoms with E-state index in [1.54, 1.807) is 24.3 Å². The van der Waals surface area contributed by atoms with Gasteiger partial charge in [-0.3, -0.25) is 5.10 Å². The molecule has 0 saturated heterocycles. The van der Waals surface area contributed by atoms with E-state index in [0.717, 1.165) is 5.56 Å². The molecule has 0 aliphatic carbocycles. The van der Waals surface area contributed by atoms with Crippen molar-refractivity contribution < 1.29 is 5.11 Å². The van der Waals surface area contributed by atoms with Gasteiger partial charge in [-0.15, -0.1) is 0 Å². The Balaban J connectivity index is 2.34. The number of nitrogens with two attached hydrogens (primary N) is 1. The predicted octanol–water partition coefficient (Wildman–Crippen LogP) is 0.636. The molecular formula is C9H10N4O. The number of hydrogen-bond acceptors (Lipinski definition) is 4. The number of nitrogens with one attached hydrogen (secondary N) is 1. The number of aromatic hydroxyl groups is 1. The summed E-state index contributed by atoms with van der Waals surface area (Å²) in [6.07, 6.45) is 0. The SMILES string of the molecule is NCc1nc(-c2ccc(O)cc2)n[nH]1. The number of phenols is 1. The van der Waals surface area contributed by atoms with E-state index < -0.39 is 0 Å². The maximum atomic E-state index is 9.09. The molecule has 72 valence electrons. The third kappa shape index (κ3) is 1.57. The minimum absolute atomic E-state index is 0.225. The van der Waals surface area contributed by atoms with E-state index in [4.69, 9.17) is 10.8 Å². The van der Waals surface area contributed by atoms with Gasteiger partial charge in [0, 0.05) is 5.56 Å². The number of H-pyrrole nitrogens is 1. The summed E-state index contributed by atoms with van der Waals surface area (Å²) in [7, 11) is 0. The van der Waals surface area contributed by atoms with Crippen molar-refractivity contribution in [3.8, 4) is 17.1 Å². The van der Waals surface area contributed by atoms with Crippen molar-refractivity contribution in [1.29, 1.82) is 0 Å². The van der Waals surface area contributed by atoms with Crippen LogP contribution in [0.25, 0.3) is 11.4 Å². The van der Waals surface area contributed by atoms with Gasteiger partial charge in [0.25, 0.3) is 0 Å². The van der Waals surface area contributed by atoms with Crippen LogP contribution in [0, 0.1) is 0 Å². The Morgan fingerprint density at radius 1 is 1.29 bits per heavy atom. The lowest BCUT2D eigenvalue weighted by molar-refractivity contribution is 0.475. The van der Waals surface area contributed by atoms with Crippen molar-refractivity contribution in [3.05, 3.63) is 30.1 Å². The molecule has 0 spiro atoms. The highest BCUT2D eigenvalue weighted by Gasteiger charge is 2.03. The monoisotopic (exact) mass is 190 g/mol. The Labute approximate surface area is 80.6 Å². The van der Waals surface area contributed by atoms with Crippen molar-refractivity contribution in [3.63, 3.8) is 0 Å². The Hall–Kier alpha value is -1.88. The Bertz CT molecular complexity index is 421. The fourth-order valence-electron chi connectivity index (χ4n) is 1.13. The molecule has 0 saturated carbocycles. The molecule has 0 fully saturated rings. The summed E-state index contributed by atoms with van der Waals surface area (Å²) in [6, 6.07) is 6.68. The average molecular weight is 190 g/mol. The van der Waals surface area contributed by atoms with E-state index in [2.05, 4.69) is 15.2 Å². The van der Waals surface area contributed by atoms with Gasteiger partial charge in [-0.1, -0.05) is 0 Å². The smallest absolute Gasteiger partial charge is 0.181 e. The van der Waals surface area contributed by atoms with Crippen LogP contribution < -0.4 is 5.73 Å². The molecule has 1 aromatic carbocycles. The zero-order valence-electron chi connectivity index (χ0n) is 7.44. The van der Waals surface area contributed by atoms with Crippen molar-refractivity contribution >= 4 is 0 Å².